The molecule has 2 aromatic heterocycles. The molecule has 1 aliphatic rings. The highest BCUT2D eigenvalue weighted by Gasteiger charge is 2.31. The predicted molar refractivity (Wildman–Crippen MR) is 75.0 cm³/mol. The summed E-state index contributed by atoms with van der Waals surface area (Å²) in [6.07, 6.45) is 3.59. The predicted octanol–water partition coefficient (Wildman–Crippen LogP) is 0.180. The third kappa shape index (κ3) is 2.22. The first-order chi connectivity index (χ1) is 9.46. The second-order valence-corrected chi connectivity index (χ2v) is 7.11. The summed E-state index contributed by atoms with van der Waals surface area (Å²) in [7, 11) is -3.01. The van der Waals surface area contributed by atoms with Crippen LogP contribution in [0.1, 0.15) is 12.5 Å². The van der Waals surface area contributed by atoms with Crippen LogP contribution < -0.4 is 11.2 Å². The summed E-state index contributed by atoms with van der Waals surface area (Å²) >= 11 is 0. The van der Waals surface area contributed by atoms with Crippen LogP contribution in [0.3, 0.4) is 0 Å². The fourth-order valence-corrected chi connectivity index (χ4v) is 4.11. The van der Waals surface area contributed by atoms with E-state index in [4.69, 9.17) is 5.73 Å². The van der Waals surface area contributed by atoms with E-state index in [0.717, 1.165) is 0 Å². The van der Waals surface area contributed by atoms with Crippen LogP contribution in [-0.4, -0.2) is 34.7 Å². The largest absolute Gasteiger partial charge is 0.384 e. The highest BCUT2D eigenvalue weighted by molar-refractivity contribution is 7.91. The lowest BCUT2D eigenvalue weighted by Gasteiger charge is -2.09. The number of hydrogen-bond donors (Lipinski definition) is 2. The minimum Gasteiger partial charge on any atom is -0.384 e. The Bertz CT molecular complexity index is 806. The summed E-state index contributed by atoms with van der Waals surface area (Å²) in [6.45, 7) is 0. The Kier molecular flexibility index (Phi) is 2.89. The van der Waals surface area contributed by atoms with Gasteiger partial charge in [0.25, 0.3) is 0 Å². The molecule has 1 saturated heterocycles. The van der Waals surface area contributed by atoms with Gasteiger partial charge in [-0.25, -0.2) is 13.1 Å². The molecule has 0 spiro atoms. The molecule has 2 aromatic rings. The molecule has 1 aliphatic heterocycles. The molecule has 0 amide bonds. The Morgan fingerprint density at radius 2 is 2.25 bits per heavy atom. The van der Waals surface area contributed by atoms with E-state index in [1.54, 1.807) is 12.3 Å². The van der Waals surface area contributed by atoms with Gasteiger partial charge >= 0.3 is 0 Å². The van der Waals surface area contributed by atoms with Crippen molar-refractivity contribution < 1.29 is 8.42 Å². The van der Waals surface area contributed by atoms with Crippen molar-refractivity contribution in [1.29, 1.82) is 0 Å². The molecule has 0 bridgehead atoms. The van der Waals surface area contributed by atoms with E-state index in [2.05, 4.69) is 10.1 Å². The molecular weight excluding hydrogens is 280 g/mol. The van der Waals surface area contributed by atoms with Gasteiger partial charge in [0, 0.05) is 24.5 Å². The van der Waals surface area contributed by atoms with Gasteiger partial charge in [0.1, 0.15) is 5.82 Å². The van der Waals surface area contributed by atoms with Gasteiger partial charge in [-0.3, -0.25) is 4.79 Å². The van der Waals surface area contributed by atoms with Gasteiger partial charge < -0.3 is 10.7 Å². The number of rotatable bonds is 2. The number of sulfone groups is 1. The van der Waals surface area contributed by atoms with Crippen LogP contribution in [0.15, 0.2) is 29.3 Å². The van der Waals surface area contributed by atoms with Gasteiger partial charge in [-0.1, -0.05) is 0 Å². The lowest BCUT2D eigenvalue weighted by atomic mass is 10.2. The number of nitrogens with zero attached hydrogens (tertiary/aromatic N) is 2. The van der Waals surface area contributed by atoms with Gasteiger partial charge in [0.05, 0.1) is 28.8 Å². The molecule has 106 valence electrons. The number of aromatic nitrogens is 3. The smallest absolute Gasteiger partial charge is 0.190 e. The van der Waals surface area contributed by atoms with Crippen molar-refractivity contribution in [3.63, 3.8) is 0 Å². The van der Waals surface area contributed by atoms with Gasteiger partial charge in [-0.05, 0) is 6.42 Å². The van der Waals surface area contributed by atoms with E-state index < -0.39 is 9.84 Å². The molecule has 3 N–H and O–H groups in total. The molecule has 7 nitrogen and oxygen atoms in total. The molecule has 1 fully saturated rings. The normalized spacial score (nSPS) is 21.1. The number of hydrogen-bond acceptors (Lipinski definition) is 5. The molecule has 0 radical (unpaired) electrons. The molecule has 8 heteroatoms. The number of anilines is 1. The first-order valence-electron chi connectivity index (χ1n) is 6.19. The summed E-state index contributed by atoms with van der Waals surface area (Å²) in [5.74, 6) is 0.562. The minimum absolute atomic E-state index is 0.0451. The van der Waals surface area contributed by atoms with E-state index in [9.17, 15) is 13.2 Å². The minimum atomic E-state index is -3.01. The number of pyridine rings is 1. The average Bonchev–Trinajstić information content (AvgIpc) is 2.93. The van der Waals surface area contributed by atoms with Crippen molar-refractivity contribution >= 4 is 15.7 Å². The Balaban J connectivity index is 2.01. The standard InChI is InChI=1S/C12H14N4O3S/c13-12-5-10(9-6-14-3-1-11(9)17)15-16(12)8-2-4-20(18,19)7-8/h1,3,5-6,8H,2,4,7,13H2,(H,14,17). The summed E-state index contributed by atoms with van der Waals surface area (Å²) in [4.78, 5) is 14.6. The monoisotopic (exact) mass is 294 g/mol. The van der Waals surface area contributed by atoms with Crippen LogP contribution in [0.4, 0.5) is 5.82 Å². The molecule has 1 unspecified atom stereocenters. The highest BCUT2D eigenvalue weighted by atomic mass is 32.2. The van der Waals surface area contributed by atoms with Gasteiger partial charge in [-0.15, -0.1) is 0 Å². The summed E-state index contributed by atoms with van der Waals surface area (Å²) in [5, 5.41) is 4.30. The van der Waals surface area contributed by atoms with Crippen LogP contribution >= 0.6 is 0 Å². The van der Waals surface area contributed by atoms with E-state index in [0.29, 0.717) is 23.5 Å². The zero-order valence-corrected chi connectivity index (χ0v) is 11.4. The topological polar surface area (TPSA) is 111 Å². The Hall–Kier alpha value is -2.09. The van der Waals surface area contributed by atoms with Crippen LogP contribution in [0.25, 0.3) is 11.3 Å². The van der Waals surface area contributed by atoms with Crippen molar-refractivity contribution in [2.24, 2.45) is 0 Å². The zero-order chi connectivity index (χ0) is 14.3. The number of H-pyrrole nitrogens is 1. The number of nitrogen functional groups attached to an aromatic ring is 1. The van der Waals surface area contributed by atoms with Crippen molar-refractivity contribution in [3.05, 3.63) is 34.7 Å². The molecule has 3 heterocycles. The summed E-state index contributed by atoms with van der Waals surface area (Å²) in [6, 6.07) is 2.75. The van der Waals surface area contributed by atoms with E-state index in [-0.39, 0.29) is 23.0 Å². The quantitative estimate of drug-likeness (QED) is 0.820. The first-order valence-corrected chi connectivity index (χ1v) is 8.01. The molecule has 3 rings (SSSR count). The summed E-state index contributed by atoms with van der Waals surface area (Å²) in [5.41, 5.74) is 6.60. The molecule has 0 saturated carbocycles. The zero-order valence-electron chi connectivity index (χ0n) is 10.6. The van der Waals surface area contributed by atoms with Gasteiger partial charge in [-0.2, -0.15) is 5.10 Å². The van der Waals surface area contributed by atoms with Gasteiger partial charge in [0.15, 0.2) is 15.3 Å². The number of nitrogens with one attached hydrogen (secondary N) is 1. The van der Waals surface area contributed by atoms with Crippen LogP contribution in [0.2, 0.25) is 0 Å². The van der Waals surface area contributed by atoms with Crippen LogP contribution in [0, 0.1) is 0 Å². The van der Waals surface area contributed by atoms with E-state index in [1.807, 2.05) is 0 Å². The van der Waals surface area contributed by atoms with Crippen molar-refractivity contribution in [2.75, 3.05) is 17.2 Å². The van der Waals surface area contributed by atoms with Crippen molar-refractivity contribution in [1.82, 2.24) is 14.8 Å². The lowest BCUT2D eigenvalue weighted by molar-refractivity contribution is 0.508. The van der Waals surface area contributed by atoms with E-state index in [1.165, 1.54) is 16.9 Å². The maximum atomic E-state index is 11.8. The van der Waals surface area contributed by atoms with Crippen molar-refractivity contribution in [2.45, 2.75) is 12.5 Å². The van der Waals surface area contributed by atoms with Crippen LogP contribution in [-0.2, 0) is 9.84 Å². The van der Waals surface area contributed by atoms with Crippen molar-refractivity contribution in [3.8, 4) is 11.3 Å². The molecular formula is C12H14N4O3S. The maximum absolute atomic E-state index is 11.8. The third-order valence-corrected chi connectivity index (χ3v) is 5.17. The first kappa shape index (κ1) is 12.9. The Morgan fingerprint density at radius 3 is 2.90 bits per heavy atom. The maximum Gasteiger partial charge on any atom is 0.190 e. The SMILES string of the molecule is Nc1cc(-c2c[nH]ccc2=O)nn1C1CCS(=O)(=O)C1. The highest BCUT2D eigenvalue weighted by Crippen LogP contribution is 2.27. The average molecular weight is 294 g/mol. The van der Waals surface area contributed by atoms with Crippen LogP contribution in [0.5, 0.6) is 0 Å². The fourth-order valence-electron chi connectivity index (χ4n) is 2.42. The Morgan fingerprint density at radius 1 is 1.45 bits per heavy atom. The lowest BCUT2D eigenvalue weighted by Crippen LogP contribution is -2.14. The fraction of sp³-hybridized carbons (Fsp3) is 0.333. The number of aromatic amines is 1. The van der Waals surface area contributed by atoms with E-state index >= 15 is 0 Å². The summed E-state index contributed by atoms with van der Waals surface area (Å²) < 4.78 is 24.5. The Labute approximate surface area is 115 Å². The van der Waals surface area contributed by atoms with Gasteiger partial charge in [0.2, 0.25) is 0 Å². The number of nitrogens with two attached hydrogens (primary N) is 1. The second-order valence-electron chi connectivity index (χ2n) is 4.88. The molecule has 20 heavy (non-hydrogen) atoms. The second kappa shape index (κ2) is 4.48. The molecule has 0 aliphatic carbocycles. The third-order valence-electron chi connectivity index (χ3n) is 3.42. The molecule has 0 aromatic carbocycles. The molecule has 1 atom stereocenters.